The van der Waals surface area contributed by atoms with Crippen LogP contribution in [-0.4, -0.2) is 12.6 Å². The van der Waals surface area contributed by atoms with Gasteiger partial charge in [-0.05, 0) is 32.1 Å². The minimum atomic E-state index is 0.0301. The van der Waals surface area contributed by atoms with Crippen molar-refractivity contribution >= 4 is 6.47 Å². The molecule has 2 aliphatic rings. The Bertz CT molecular complexity index is 188. The maximum atomic E-state index is 9.39. The van der Waals surface area contributed by atoms with E-state index in [9.17, 15) is 4.79 Å². The van der Waals surface area contributed by atoms with E-state index >= 15 is 0 Å². The highest BCUT2D eigenvalue weighted by atomic mass is 16.5. The van der Waals surface area contributed by atoms with Gasteiger partial charge in [-0.25, -0.2) is 0 Å². The molecule has 2 heteroatoms. The van der Waals surface area contributed by atoms with E-state index < -0.39 is 0 Å². The van der Waals surface area contributed by atoms with E-state index in [4.69, 9.17) is 0 Å². The lowest BCUT2D eigenvalue weighted by Crippen LogP contribution is -1.98. The van der Waals surface area contributed by atoms with Gasteiger partial charge in [0, 0.05) is 0 Å². The molecule has 0 saturated carbocycles. The number of allylic oxidation sites excluding steroid dienone is 4. The molecular formula is C11H16O2. The lowest BCUT2D eigenvalue weighted by molar-refractivity contribution is -0.131. The molecule has 0 radical (unpaired) electrons. The number of fused-ring (bicyclic) bond motifs is 2. The molecule has 0 heterocycles. The zero-order chi connectivity index (χ0) is 9.68. The van der Waals surface area contributed by atoms with Crippen LogP contribution < -0.4 is 0 Å². The summed E-state index contributed by atoms with van der Waals surface area (Å²) >= 11 is 0. The first-order valence-corrected chi connectivity index (χ1v) is 4.68. The fourth-order valence-electron chi connectivity index (χ4n) is 1.44. The van der Waals surface area contributed by atoms with Crippen LogP contribution in [0.1, 0.15) is 20.3 Å². The molecular weight excluding hydrogens is 164 g/mol. The van der Waals surface area contributed by atoms with Gasteiger partial charge in [0.05, 0.1) is 6.10 Å². The molecule has 72 valence electrons. The average Bonchev–Trinajstić information content (AvgIpc) is 2.66. The molecule has 0 unspecified atom stereocenters. The summed E-state index contributed by atoms with van der Waals surface area (Å²) in [5.41, 5.74) is 0. The van der Waals surface area contributed by atoms with E-state index in [1.807, 2.05) is 0 Å². The minimum Gasteiger partial charge on any atom is -0.465 e. The van der Waals surface area contributed by atoms with Crippen LogP contribution in [0.15, 0.2) is 24.3 Å². The predicted octanol–water partition coefficient (Wildman–Crippen LogP) is 2.32. The summed E-state index contributed by atoms with van der Waals surface area (Å²) in [5, 5.41) is 0. The number of carbonyl (C=O) groups is 1. The second kappa shape index (κ2) is 4.85. The maximum Gasteiger partial charge on any atom is 0.293 e. The first-order chi connectivity index (χ1) is 6.22. The normalized spacial score (nSPS) is 27.3. The SMILES string of the molecule is C1=CC2C=CC1C2.CC(C)OC=O. The molecule has 0 spiro atoms. The summed E-state index contributed by atoms with van der Waals surface area (Å²) in [6.45, 7) is 4.05. The molecule has 2 bridgehead atoms. The monoisotopic (exact) mass is 180 g/mol. The van der Waals surface area contributed by atoms with Crippen molar-refractivity contribution in [2.75, 3.05) is 0 Å². The number of hydrogen-bond donors (Lipinski definition) is 0. The Morgan fingerprint density at radius 2 is 1.69 bits per heavy atom. The van der Waals surface area contributed by atoms with E-state index in [0.717, 1.165) is 11.8 Å². The molecule has 0 aliphatic heterocycles. The molecule has 0 amide bonds. The van der Waals surface area contributed by atoms with Gasteiger partial charge in [-0.3, -0.25) is 4.79 Å². The van der Waals surface area contributed by atoms with Crippen LogP contribution >= 0.6 is 0 Å². The Kier molecular flexibility index (Phi) is 3.74. The highest BCUT2D eigenvalue weighted by Crippen LogP contribution is 2.31. The van der Waals surface area contributed by atoms with Crippen LogP contribution in [-0.2, 0) is 9.53 Å². The van der Waals surface area contributed by atoms with Crippen molar-refractivity contribution in [3.05, 3.63) is 24.3 Å². The molecule has 0 N–H and O–H groups in total. The van der Waals surface area contributed by atoms with Gasteiger partial charge in [0.25, 0.3) is 6.47 Å². The Morgan fingerprint density at radius 1 is 1.23 bits per heavy atom. The lowest BCUT2D eigenvalue weighted by atomic mass is 10.2. The van der Waals surface area contributed by atoms with Crippen LogP contribution in [0.3, 0.4) is 0 Å². The summed E-state index contributed by atoms with van der Waals surface area (Å²) in [7, 11) is 0. The summed E-state index contributed by atoms with van der Waals surface area (Å²) < 4.78 is 4.36. The largest absolute Gasteiger partial charge is 0.465 e. The standard InChI is InChI=1S/C7H8.C4H8O2/c1-2-7-4-3-6(1)5-7;1-4(2)6-3-5/h1-4,6-7H,5H2;3-4H,1-2H3. The summed E-state index contributed by atoms with van der Waals surface area (Å²) in [4.78, 5) is 9.39. The maximum absolute atomic E-state index is 9.39. The van der Waals surface area contributed by atoms with Gasteiger partial charge < -0.3 is 4.74 Å². The third-order valence-electron chi connectivity index (χ3n) is 2.08. The zero-order valence-corrected chi connectivity index (χ0v) is 8.14. The van der Waals surface area contributed by atoms with Crippen LogP contribution in [0.4, 0.5) is 0 Å². The third-order valence-corrected chi connectivity index (χ3v) is 2.08. The molecule has 0 saturated heterocycles. The fraction of sp³-hybridized carbons (Fsp3) is 0.545. The second-order valence-electron chi connectivity index (χ2n) is 3.61. The fourth-order valence-corrected chi connectivity index (χ4v) is 1.44. The van der Waals surface area contributed by atoms with Gasteiger partial charge in [-0.2, -0.15) is 0 Å². The molecule has 0 aromatic rings. The van der Waals surface area contributed by atoms with Crippen molar-refractivity contribution in [2.45, 2.75) is 26.4 Å². The summed E-state index contributed by atoms with van der Waals surface area (Å²) in [5.74, 6) is 1.62. The van der Waals surface area contributed by atoms with Crippen molar-refractivity contribution in [3.63, 3.8) is 0 Å². The van der Waals surface area contributed by atoms with E-state index in [2.05, 4.69) is 29.0 Å². The van der Waals surface area contributed by atoms with E-state index in [0.29, 0.717) is 6.47 Å². The van der Waals surface area contributed by atoms with E-state index in [1.54, 1.807) is 13.8 Å². The number of hydrogen-bond acceptors (Lipinski definition) is 2. The van der Waals surface area contributed by atoms with Gasteiger partial charge in [0.1, 0.15) is 0 Å². The zero-order valence-electron chi connectivity index (χ0n) is 8.14. The van der Waals surface area contributed by atoms with E-state index in [-0.39, 0.29) is 6.10 Å². The van der Waals surface area contributed by atoms with Crippen molar-refractivity contribution in [1.82, 2.24) is 0 Å². The minimum absolute atomic E-state index is 0.0301. The molecule has 2 rings (SSSR count). The predicted molar refractivity (Wildman–Crippen MR) is 52.2 cm³/mol. The quantitative estimate of drug-likeness (QED) is 0.481. The molecule has 2 aliphatic carbocycles. The van der Waals surface area contributed by atoms with E-state index in [1.165, 1.54) is 6.42 Å². The second-order valence-corrected chi connectivity index (χ2v) is 3.61. The van der Waals surface area contributed by atoms with Crippen molar-refractivity contribution in [3.8, 4) is 0 Å². The summed E-state index contributed by atoms with van der Waals surface area (Å²) in [6.07, 6.45) is 10.6. The van der Waals surface area contributed by atoms with Gasteiger partial charge in [-0.15, -0.1) is 0 Å². The topological polar surface area (TPSA) is 26.3 Å². The number of ether oxygens (including phenoxy) is 1. The van der Waals surface area contributed by atoms with Crippen LogP contribution in [0.25, 0.3) is 0 Å². The Hall–Kier alpha value is -1.05. The van der Waals surface area contributed by atoms with Crippen molar-refractivity contribution in [2.24, 2.45) is 11.8 Å². The molecule has 2 nitrogen and oxygen atoms in total. The Morgan fingerprint density at radius 3 is 1.77 bits per heavy atom. The smallest absolute Gasteiger partial charge is 0.293 e. The highest BCUT2D eigenvalue weighted by Gasteiger charge is 2.19. The lowest BCUT2D eigenvalue weighted by Gasteiger charge is -1.96. The molecule has 13 heavy (non-hydrogen) atoms. The molecule has 0 fully saturated rings. The van der Waals surface area contributed by atoms with Crippen LogP contribution in [0, 0.1) is 11.8 Å². The number of rotatable bonds is 2. The van der Waals surface area contributed by atoms with Crippen molar-refractivity contribution < 1.29 is 9.53 Å². The molecule has 0 aromatic heterocycles. The van der Waals surface area contributed by atoms with Crippen molar-refractivity contribution in [1.29, 1.82) is 0 Å². The van der Waals surface area contributed by atoms with Gasteiger partial charge in [0.15, 0.2) is 0 Å². The Labute approximate surface area is 79.3 Å². The third kappa shape index (κ3) is 3.45. The Balaban J connectivity index is 0.000000133. The van der Waals surface area contributed by atoms with Gasteiger partial charge in [-0.1, -0.05) is 24.3 Å². The van der Waals surface area contributed by atoms with Gasteiger partial charge >= 0.3 is 0 Å². The highest BCUT2D eigenvalue weighted by molar-refractivity contribution is 5.37. The average molecular weight is 180 g/mol. The van der Waals surface area contributed by atoms with Crippen LogP contribution in [0.2, 0.25) is 0 Å². The van der Waals surface area contributed by atoms with Crippen LogP contribution in [0.5, 0.6) is 0 Å². The first-order valence-electron chi connectivity index (χ1n) is 4.68. The molecule has 0 atom stereocenters. The van der Waals surface area contributed by atoms with Gasteiger partial charge in [0.2, 0.25) is 0 Å². The number of carbonyl (C=O) groups excluding carboxylic acids is 1. The molecule has 0 aromatic carbocycles. The first kappa shape index (κ1) is 10.0. The summed E-state index contributed by atoms with van der Waals surface area (Å²) in [6, 6.07) is 0.